The molecule has 100 valence electrons. The Bertz CT molecular complexity index is 705. The topological polar surface area (TPSA) is 38.3 Å². The molecule has 0 aliphatic carbocycles. The van der Waals surface area contributed by atoms with Gasteiger partial charge in [0.05, 0.1) is 7.11 Å². The molecule has 1 N–H and O–H groups in total. The molecule has 0 radical (unpaired) electrons. The van der Waals surface area contributed by atoms with Gasteiger partial charge in [-0.25, -0.2) is 0 Å². The molecule has 0 fully saturated rings. The third-order valence-electron chi connectivity index (χ3n) is 3.19. The highest BCUT2D eigenvalue weighted by Gasteiger charge is 2.23. The predicted octanol–water partition coefficient (Wildman–Crippen LogP) is 3.79. The van der Waals surface area contributed by atoms with Gasteiger partial charge in [0.15, 0.2) is 0 Å². The second-order valence-electron chi connectivity index (χ2n) is 4.48. The quantitative estimate of drug-likeness (QED) is 0.639. The van der Waals surface area contributed by atoms with E-state index in [1.807, 2.05) is 48.5 Å². The molecule has 2 aromatic carbocycles. The van der Waals surface area contributed by atoms with Crippen molar-refractivity contribution < 1.29 is 9.53 Å². The van der Waals surface area contributed by atoms with Crippen LogP contribution in [0.5, 0.6) is 5.75 Å². The molecule has 1 amide bonds. The van der Waals surface area contributed by atoms with Gasteiger partial charge < -0.3 is 10.1 Å². The second kappa shape index (κ2) is 5.28. The van der Waals surface area contributed by atoms with Crippen molar-refractivity contribution in [2.45, 2.75) is 0 Å². The number of anilines is 1. The highest BCUT2D eigenvalue weighted by atomic mass is 127. The van der Waals surface area contributed by atoms with E-state index in [-0.39, 0.29) is 5.91 Å². The number of hydrogen-bond acceptors (Lipinski definition) is 2. The standard InChI is InChI=1S/C16H12INO2/c1-20-12-5-2-10(3-6-12)8-14-13-9-11(17)4-7-15(13)18-16(14)19/h2-9H,1H3,(H,18,19). The number of halogens is 1. The number of carbonyl (C=O) groups is 1. The molecule has 0 atom stereocenters. The van der Waals surface area contributed by atoms with E-state index in [4.69, 9.17) is 4.74 Å². The van der Waals surface area contributed by atoms with Crippen LogP contribution in [-0.2, 0) is 4.79 Å². The van der Waals surface area contributed by atoms with Crippen molar-refractivity contribution in [2.75, 3.05) is 12.4 Å². The van der Waals surface area contributed by atoms with Crippen molar-refractivity contribution in [3.63, 3.8) is 0 Å². The van der Waals surface area contributed by atoms with Crippen molar-refractivity contribution in [1.82, 2.24) is 0 Å². The maximum Gasteiger partial charge on any atom is 0.256 e. The first-order valence-corrected chi connectivity index (χ1v) is 7.22. The normalized spacial score (nSPS) is 15.1. The summed E-state index contributed by atoms with van der Waals surface area (Å²) in [7, 11) is 1.63. The molecule has 3 rings (SSSR count). The highest BCUT2D eigenvalue weighted by molar-refractivity contribution is 14.1. The number of methoxy groups -OCH3 is 1. The molecular weight excluding hydrogens is 365 g/mol. The maximum absolute atomic E-state index is 12.1. The maximum atomic E-state index is 12.1. The zero-order valence-electron chi connectivity index (χ0n) is 10.8. The lowest BCUT2D eigenvalue weighted by Crippen LogP contribution is -2.03. The number of fused-ring (bicyclic) bond motifs is 1. The molecule has 0 saturated carbocycles. The minimum Gasteiger partial charge on any atom is -0.497 e. The predicted molar refractivity (Wildman–Crippen MR) is 88.7 cm³/mol. The van der Waals surface area contributed by atoms with Crippen LogP contribution in [0.3, 0.4) is 0 Å². The number of hydrogen-bond donors (Lipinski definition) is 1. The van der Waals surface area contributed by atoms with Crippen LogP contribution in [-0.4, -0.2) is 13.0 Å². The van der Waals surface area contributed by atoms with Crippen molar-refractivity contribution in [3.05, 3.63) is 57.2 Å². The molecule has 0 aromatic heterocycles. The van der Waals surface area contributed by atoms with E-state index in [0.717, 1.165) is 26.1 Å². The minimum atomic E-state index is -0.0576. The van der Waals surface area contributed by atoms with Gasteiger partial charge in [0.2, 0.25) is 0 Å². The molecule has 1 aliphatic rings. The summed E-state index contributed by atoms with van der Waals surface area (Å²) < 4.78 is 6.24. The Morgan fingerprint density at radius 2 is 1.90 bits per heavy atom. The Kier molecular flexibility index (Phi) is 3.48. The monoisotopic (exact) mass is 377 g/mol. The van der Waals surface area contributed by atoms with E-state index < -0.39 is 0 Å². The van der Waals surface area contributed by atoms with Crippen molar-refractivity contribution in [1.29, 1.82) is 0 Å². The van der Waals surface area contributed by atoms with Crippen LogP contribution in [0.4, 0.5) is 5.69 Å². The summed E-state index contributed by atoms with van der Waals surface area (Å²) in [5.74, 6) is 0.746. The second-order valence-corrected chi connectivity index (χ2v) is 5.72. The van der Waals surface area contributed by atoms with Crippen molar-refractivity contribution in [2.24, 2.45) is 0 Å². The first-order chi connectivity index (χ1) is 9.67. The van der Waals surface area contributed by atoms with Gasteiger partial charge in [-0.1, -0.05) is 12.1 Å². The van der Waals surface area contributed by atoms with Crippen LogP contribution in [0.2, 0.25) is 0 Å². The molecule has 0 bridgehead atoms. The Morgan fingerprint density at radius 1 is 1.15 bits per heavy atom. The van der Waals surface area contributed by atoms with Crippen LogP contribution >= 0.6 is 22.6 Å². The molecule has 0 spiro atoms. The Morgan fingerprint density at radius 3 is 2.60 bits per heavy atom. The molecular formula is C16H12INO2. The van der Waals surface area contributed by atoms with E-state index in [1.165, 1.54) is 0 Å². The fourth-order valence-corrected chi connectivity index (χ4v) is 2.66. The minimum absolute atomic E-state index is 0.0576. The lowest BCUT2D eigenvalue weighted by atomic mass is 10.0. The van der Waals surface area contributed by atoms with Gasteiger partial charge in [-0.05, 0) is 64.6 Å². The third kappa shape index (κ3) is 2.43. The highest BCUT2D eigenvalue weighted by Crippen LogP contribution is 2.34. The third-order valence-corrected chi connectivity index (χ3v) is 3.86. The number of amides is 1. The molecule has 1 heterocycles. The van der Waals surface area contributed by atoms with Gasteiger partial charge in [0.1, 0.15) is 5.75 Å². The zero-order chi connectivity index (χ0) is 14.1. The molecule has 3 nitrogen and oxygen atoms in total. The first kappa shape index (κ1) is 13.2. The fourth-order valence-electron chi connectivity index (χ4n) is 2.17. The fraction of sp³-hybridized carbons (Fsp3) is 0.0625. The van der Waals surface area contributed by atoms with Gasteiger partial charge in [0.25, 0.3) is 5.91 Å². The number of nitrogens with one attached hydrogen (secondary N) is 1. The Labute approximate surface area is 130 Å². The Balaban J connectivity index is 2.03. The SMILES string of the molecule is COc1ccc(C=C2C(=O)Nc3ccc(I)cc32)cc1. The number of benzene rings is 2. The summed E-state index contributed by atoms with van der Waals surface area (Å²) >= 11 is 2.25. The average molecular weight is 377 g/mol. The van der Waals surface area contributed by atoms with Crippen LogP contribution in [0.25, 0.3) is 11.6 Å². The molecule has 4 heteroatoms. The van der Waals surface area contributed by atoms with E-state index in [1.54, 1.807) is 7.11 Å². The first-order valence-electron chi connectivity index (χ1n) is 6.14. The lowest BCUT2D eigenvalue weighted by molar-refractivity contribution is -0.110. The van der Waals surface area contributed by atoms with Crippen molar-refractivity contribution >= 4 is 45.8 Å². The van der Waals surface area contributed by atoms with E-state index in [2.05, 4.69) is 27.9 Å². The summed E-state index contributed by atoms with van der Waals surface area (Å²) in [5.41, 5.74) is 3.50. The number of rotatable bonds is 2. The van der Waals surface area contributed by atoms with Gasteiger partial charge in [-0.15, -0.1) is 0 Å². The summed E-state index contributed by atoms with van der Waals surface area (Å²) in [4.78, 5) is 12.1. The van der Waals surface area contributed by atoms with Crippen LogP contribution < -0.4 is 10.1 Å². The molecule has 20 heavy (non-hydrogen) atoms. The van der Waals surface area contributed by atoms with Crippen LogP contribution in [0.15, 0.2) is 42.5 Å². The average Bonchev–Trinajstić information content (AvgIpc) is 2.76. The molecule has 0 unspecified atom stereocenters. The molecule has 1 aliphatic heterocycles. The van der Waals surface area contributed by atoms with E-state index in [9.17, 15) is 4.79 Å². The lowest BCUT2D eigenvalue weighted by Gasteiger charge is -2.01. The van der Waals surface area contributed by atoms with Crippen molar-refractivity contribution in [3.8, 4) is 5.75 Å². The van der Waals surface area contributed by atoms with Gasteiger partial charge >= 0.3 is 0 Å². The van der Waals surface area contributed by atoms with Crippen LogP contribution in [0.1, 0.15) is 11.1 Å². The van der Waals surface area contributed by atoms with Gasteiger partial charge in [-0.2, -0.15) is 0 Å². The number of ether oxygens (including phenoxy) is 1. The smallest absolute Gasteiger partial charge is 0.256 e. The molecule has 0 saturated heterocycles. The van der Waals surface area contributed by atoms with E-state index >= 15 is 0 Å². The summed E-state index contributed by atoms with van der Waals surface area (Å²) in [6.07, 6.45) is 1.90. The van der Waals surface area contributed by atoms with Gasteiger partial charge in [-0.3, -0.25) is 4.79 Å². The zero-order valence-corrected chi connectivity index (χ0v) is 13.0. The largest absolute Gasteiger partial charge is 0.497 e. The summed E-state index contributed by atoms with van der Waals surface area (Å²) in [6, 6.07) is 13.6. The molecule has 2 aromatic rings. The van der Waals surface area contributed by atoms with E-state index in [0.29, 0.717) is 5.57 Å². The van der Waals surface area contributed by atoms with Crippen LogP contribution in [0, 0.1) is 3.57 Å². The summed E-state index contributed by atoms with van der Waals surface area (Å²) in [6.45, 7) is 0. The van der Waals surface area contributed by atoms with Gasteiger partial charge in [0, 0.05) is 20.4 Å². The summed E-state index contributed by atoms with van der Waals surface area (Å²) in [5, 5.41) is 2.88. The Hall–Kier alpha value is -1.82. The number of carbonyl (C=O) groups excluding carboxylic acids is 1.